The Kier molecular flexibility index (Phi) is 3.06. The molecular weight excluding hydrogens is 222 g/mol. The number of hydrogen-bond acceptors (Lipinski definition) is 3. The van der Waals surface area contributed by atoms with E-state index in [1.54, 1.807) is 0 Å². The van der Waals surface area contributed by atoms with E-state index in [4.69, 9.17) is 11.6 Å². The largest absolute Gasteiger partial charge is 0.356 e. The second-order valence-electron chi connectivity index (χ2n) is 5.50. The minimum absolute atomic E-state index is 0.367. The van der Waals surface area contributed by atoms with E-state index in [1.165, 1.54) is 12.7 Å². The third-order valence-electron chi connectivity index (χ3n) is 3.36. The lowest BCUT2D eigenvalue weighted by Gasteiger charge is -2.27. The van der Waals surface area contributed by atoms with Gasteiger partial charge in [-0.2, -0.15) is 0 Å². The first-order valence-electron chi connectivity index (χ1n) is 5.69. The molecule has 1 aromatic heterocycles. The van der Waals surface area contributed by atoms with Crippen molar-refractivity contribution in [1.29, 1.82) is 0 Å². The van der Waals surface area contributed by atoms with Crippen molar-refractivity contribution in [2.24, 2.45) is 11.3 Å². The molecule has 0 spiro atoms. The fourth-order valence-electron chi connectivity index (χ4n) is 2.17. The Morgan fingerprint density at radius 1 is 1.38 bits per heavy atom. The minimum Gasteiger partial charge on any atom is -0.356 e. The zero-order valence-electron chi connectivity index (χ0n) is 10.1. The van der Waals surface area contributed by atoms with Gasteiger partial charge in [0.25, 0.3) is 0 Å². The van der Waals surface area contributed by atoms with Crippen LogP contribution in [-0.4, -0.2) is 23.1 Å². The summed E-state index contributed by atoms with van der Waals surface area (Å²) in [7, 11) is 0. The first-order valence-corrected chi connectivity index (χ1v) is 6.07. The molecule has 0 aromatic carbocycles. The lowest BCUT2D eigenvalue weighted by molar-refractivity contribution is 0.263. The molecule has 1 aliphatic rings. The third kappa shape index (κ3) is 2.46. The molecule has 1 fully saturated rings. The maximum Gasteiger partial charge on any atom is 0.134 e. The van der Waals surface area contributed by atoms with E-state index in [-0.39, 0.29) is 0 Å². The second-order valence-corrected chi connectivity index (χ2v) is 5.88. The Morgan fingerprint density at radius 2 is 2.12 bits per heavy atom. The summed E-state index contributed by atoms with van der Waals surface area (Å²) < 4.78 is 0. The Hall–Kier alpha value is -0.830. The first kappa shape index (κ1) is 11.6. The average molecular weight is 240 g/mol. The van der Waals surface area contributed by atoms with Gasteiger partial charge in [-0.15, -0.1) is 0 Å². The molecule has 1 aliphatic heterocycles. The smallest absolute Gasteiger partial charge is 0.134 e. The van der Waals surface area contributed by atoms with Gasteiger partial charge in [0, 0.05) is 19.2 Å². The van der Waals surface area contributed by atoms with Gasteiger partial charge in [0.2, 0.25) is 0 Å². The molecule has 1 aromatic rings. The van der Waals surface area contributed by atoms with Crippen molar-refractivity contribution < 1.29 is 0 Å². The molecule has 0 radical (unpaired) electrons. The van der Waals surface area contributed by atoms with Crippen LogP contribution in [0.15, 0.2) is 12.4 Å². The maximum absolute atomic E-state index is 5.87. The van der Waals surface area contributed by atoms with Crippen LogP contribution in [0.2, 0.25) is 5.15 Å². The zero-order chi connectivity index (χ0) is 11.8. The summed E-state index contributed by atoms with van der Waals surface area (Å²) in [6.07, 6.45) is 2.76. The van der Waals surface area contributed by atoms with Crippen LogP contribution < -0.4 is 4.90 Å². The quantitative estimate of drug-likeness (QED) is 0.706. The molecular formula is C12H18ClN3. The van der Waals surface area contributed by atoms with Crippen LogP contribution in [0.3, 0.4) is 0 Å². The van der Waals surface area contributed by atoms with E-state index in [1.807, 2.05) is 6.07 Å². The number of rotatable bonds is 1. The standard InChI is InChI=1S/C12H18ClN3/c1-12(2,3)9-4-5-16(7-9)11-6-10(13)14-8-15-11/h6,8-9H,4-5,7H2,1-3H3. The SMILES string of the molecule is CC(C)(C)C1CCN(c2cc(Cl)ncn2)C1. The van der Waals surface area contributed by atoms with Crippen molar-refractivity contribution in [2.75, 3.05) is 18.0 Å². The number of aromatic nitrogens is 2. The van der Waals surface area contributed by atoms with Gasteiger partial charge in [0.05, 0.1) is 0 Å². The molecule has 4 heteroatoms. The molecule has 3 nitrogen and oxygen atoms in total. The zero-order valence-corrected chi connectivity index (χ0v) is 10.8. The van der Waals surface area contributed by atoms with Gasteiger partial charge >= 0.3 is 0 Å². The van der Waals surface area contributed by atoms with E-state index in [0.29, 0.717) is 10.6 Å². The molecule has 0 saturated carbocycles. The third-order valence-corrected chi connectivity index (χ3v) is 3.56. The van der Waals surface area contributed by atoms with Crippen LogP contribution in [0.25, 0.3) is 0 Å². The highest BCUT2D eigenvalue weighted by atomic mass is 35.5. The summed E-state index contributed by atoms with van der Waals surface area (Å²) in [4.78, 5) is 10.5. The fraction of sp³-hybridized carbons (Fsp3) is 0.667. The first-order chi connectivity index (χ1) is 7.47. The molecule has 88 valence electrons. The van der Waals surface area contributed by atoms with Crippen molar-refractivity contribution in [3.8, 4) is 0 Å². The van der Waals surface area contributed by atoms with Gasteiger partial charge in [-0.1, -0.05) is 32.4 Å². The topological polar surface area (TPSA) is 29.0 Å². The summed E-state index contributed by atoms with van der Waals surface area (Å²) in [6, 6.07) is 1.84. The Morgan fingerprint density at radius 3 is 2.69 bits per heavy atom. The Balaban J connectivity index is 2.09. The van der Waals surface area contributed by atoms with Gasteiger partial charge in [-0.25, -0.2) is 9.97 Å². The van der Waals surface area contributed by atoms with Crippen LogP contribution >= 0.6 is 11.6 Å². The number of nitrogens with zero attached hydrogens (tertiary/aromatic N) is 3. The molecule has 16 heavy (non-hydrogen) atoms. The molecule has 1 unspecified atom stereocenters. The van der Waals surface area contributed by atoms with E-state index >= 15 is 0 Å². The molecule has 2 heterocycles. The van der Waals surface area contributed by atoms with E-state index in [0.717, 1.165) is 24.8 Å². The Labute approximate surface area is 102 Å². The summed E-state index contributed by atoms with van der Waals surface area (Å²) >= 11 is 5.87. The van der Waals surface area contributed by atoms with Crippen molar-refractivity contribution in [1.82, 2.24) is 9.97 Å². The van der Waals surface area contributed by atoms with Crippen molar-refractivity contribution in [2.45, 2.75) is 27.2 Å². The van der Waals surface area contributed by atoms with Crippen LogP contribution in [0, 0.1) is 11.3 Å². The Bertz CT molecular complexity index is 373. The molecule has 0 N–H and O–H groups in total. The molecule has 0 aliphatic carbocycles. The van der Waals surface area contributed by atoms with Gasteiger partial charge < -0.3 is 4.90 Å². The van der Waals surface area contributed by atoms with Crippen LogP contribution in [0.5, 0.6) is 0 Å². The van der Waals surface area contributed by atoms with E-state index in [9.17, 15) is 0 Å². The predicted octanol–water partition coefficient (Wildman–Crippen LogP) is 3.00. The number of halogens is 1. The number of anilines is 1. The van der Waals surface area contributed by atoms with Crippen LogP contribution in [0.4, 0.5) is 5.82 Å². The van der Waals surface area contributed by atoms with Crippen molar-refractivity contribution in [3.05, 3.63) is 17.5 Å². The molecule has 0 bridgehead atoms. The monoisotopic (exact) mass is 239 g/mol. The molecule has 1 saturated heterocycles. The molecule has 1 atom stereocenters. The molecule has 0 amide bonds. The normalized spacial score (nSPS) is 21.5. The fourth-order valence-corrected chi connectivity index (χ4v) is 2.31. The lowest BCUT2D eigenvalue weighted by atomic mass is 9.80. The van der Waals surface area contributed by atoms with E-state index in [2.05, 4.69) is 35.6 Å². The minimum atomic E-state index is 0.367. The molecule has 2 rings (SSSR count). The summed E-state index contributed by atoms with van der Waals surface area (Å²) in [6.45, 7) is 9.03. The van der Waals surface area contributed by atoms with Crippen LogP contribution in [0.1, 0.15) is 27.2 Å². The summed E-state index contributed by atoms with van der Waals surface area (Å²) in [5.41, 5.74) is 0.367. The van der Waals surface area contributed by atoms with Gasteiger partial charge in [0.15, 0.2) is 0 Å². The van der Waals surface area contributed by atoms with Crippen molar-refractivity contribution >= 4 is 17.4 Å². The van der Waals surface area contributed by atoms with Gasteiger partial charge in [-0.3, -0.25) is 0 Å². The summed E-state index contributed by atoms with van der Waals surface area (Å²) in [5.74, 6) is 1.67. The average Bonchev–Trinajstić information content (AvgIpc) is 2.65. The van der Waals surface area contributed by atoms with E-state index < -0.39 is 0 Å². The second kappa shape index (κ2) is 4.21. The highest BCUT2D eigenvalue weighted by Gasteiger charge is 2.32. The highest BCUT2D eigenvalue weighted by molar-refractivity contribution is 6.29. The van der Waals surface area contributed by atoms with Gasteiger partial charge in [-0.05, 0) is 17.8 Å². The summed E-state index contributed by atoms with van der Waals surface area (Å²) in [5, 5.41) is 0.518. The van der Waals surface area contributed by atoms with Gasteiger partial charge in [0.1, 0.15) is 17.3 Å². The predicted molar refractivity (Wildman–Crippen MR) is 66.8 cm³/mol. The maximum atomic E-state index is 5.87. The van der Waals surface area contributed by atoms with Crippen molar-refractivity contribution in [3.63, 3.8) is 0 Å². The lowest BCUT2D eigenvalue weighted by Crippen LogP contribution is -2.26. The number of hydrogen-bond donors (Lipinski definition) is 0. The highest BCUT2D eigenvalue weighted by Crippen LogP contribution is 2.35. The van der Waals surface area contributed by atoms with Crippen LogP contribution in [-0.2, 0) is 0 Å².